The predicted octanol–water partition coefficient (Wildman–Crippen LogP) is 29.4. The third-order valence-electron chi connectivity index (χ3n) is 24.9. The standard InChI is InChI=1S/C110H95BN4OS/c1-106(2,3)70-47-53-92-86(60-70)87-61-71(107(4,5)6)48-54-93(87)113(92)75-49-51-88-95(64-75)114(94-44-29-41-82-81-40-28-39-80(104(81)116-105(82)94)79-38-30-46-100-101(79)83-37-24-27-45-99(83)117-100)97-57-69(68-55-72(108(7,8)9)59-73(56-68)109(10,11)12)58-98-102(97)111(88)89-52-50-76(112-90-42-25-22-35-77(90)78-36-23-26-43-91(78)112)65-96(89)115(98)103-84(66-31-18-16-19-32-66)62-74(110(13,14)15)63-85(103)67-33-20-17-21-34-67/h16-65H,1-15H3/i22D,23D,25D,26D,35D,36D,42D,43D. The van der Waals surface area contributed by atoms with Crippen molar-refractivity contribution in [3.63, 3.8) is 0 Å². The first-order valence-electron chi connectivity index (χ1n) is 45.0. The second-order valence-electron chi connectivity index (χ2n) is 37.5. The lowest BCUT2D eigenvalue weighted by atomic mass is 9.33. The third-order valence-corrected chi connectivity index (χ3v) is 26.0. The molecule has 2 aliphatic heterocycles. The van der Waals surface area contributed by atoms with Gasteiger partial charge in [-0.25, -0.2) is 0 Å². The van der Waals surface area contributed by atoms with E-state index in [1.165, 1.54) is 53.2 Å². The lowest BCUT2D eigenvalue weighted by Gasteiger charge is -2.45. The molecule has 0 fully saturated rings. The van der Waals surface area contributed by atoms with Crippen LogP contribution in [0.3, 0.4) is 0 Å². The first-order valence-corrected chi connectivity index (χ1v) is 41.8. The Morgan fingerprint density at radius 3 is 1.32 bits per heavy atom. The Balaban J connectivity index is 0.958. The molecule has 0 N–H and O–H groups in total. The molecule has 0 spiro atoms. The van der Waals surface area contributed by atoms with E-state index in [1.807, 2.05) is 17.4 Å². The normalized spacial score (nSPS) is 14.3. The van der Waals surface area contributed by atoms with Crippen LogP contribution in [0, 0.1) is 0 Å². The number of hydrogen-bond donors (Lipinski definition) is 0. The van der Waals surface area contributed by atoms with Crippen LogP contribution in [0.15, 0.2) is 308 Å². The zero-order valence-corrected chi connectivity index (χ0v) is 69.7. The summed E-state index contributed by atoms with van der Waals surface area (Å²) in [6, 6.07) is 90.6. The summed E-state index contributed by atoms with van der Waals surface area (Å²) < 4.78 is 91.2. The minimum atomic E-state index is -0.563. The number of rotatable bonds is 8. The smallest absolute Gasteiger partial charge is 0.252 e. The maximum absolute atomic E-state index is 10.0. The average molecular weight is 1540 g/mol. The van der Waals surface area contributed by atoms with E-state index in [-0.39, 0.29) is 61.0 Å². The van der Waals surface area contributed by atoms with Crippen molar-refractivity contribution in [1.82, 2.24) is 9.13 Å². The van der Waals surface area contributed by atoms with E-state index in [0.717, 1.165) is 134 Å². The molecular formula is C110H95BN4OS. The summed E-state index contributed by atoms with van der Waals surface area (Å²) in [4.78, 5) is 4.99. The van der Waals surface area contributed by atoms with E-state index in [1.54, 1.807) is 4.57 Å². The van der Waals surface area contributed by atoms with Gasteiger partial charge in [-0.05, 0) is 202 Å². The molecule has 0 aliphatic carbocycles. The van der Waals surface area contributed by atoms with Crippen LogP contribution in [0.2, 0.25) is 0 Å². The van der Waals surface area contributed by atoms with Crippen molar-refractivity contribution in [2.75, 3.05) is 9.80 Å². The van der Waals surface area contributed by atoms with Gasteiger partial charge in [0.25, 0.3) is 6.71 Å². The zero-order valence-electron chi connectivity index (χ0n) is 76.9. The van der Waals surface area contributed by atoms with E-state index in [4.69, 9.17) is 4.42 Å². The summed E-state index contributed by atoms with van der Waals surface area (Å²) in [5.41, 5.74) is 25.9. The lowest BCUT2D eigenvalue weighted by molar-refractivity contribution is 0.569. The van der Waals surface area contributed by atoms with Gasteiger partial charge in [0.2, 0.25) is 0 Å². The molecule has 0 atom stereocenters. The van der Waals surface area contributed by atoms with E-state index >= 15 is 0 Å². The lowest BCUT2D eigenvalue weighted by Crippen LogP contribution is -2.61. The molecule has 0 unspecified atom stereocenters. The molecule has 570 valence electrons. The van der Waals surface area contributed by atoms with E-state index in [9.17, 15) is 11.0 Å². The highest BCUT2D eigenvalue weighted by Crippen LogP contribution is 2.56. The number of nitrogens with zero attached hydrogens (tertiary/aromatic N) is 4. The maximum Gasteiger partial charge on any atom is 0.252 e. The minimum absolute atomic E-state index is 0.00333. The van der Waals surface area contributed by atoms with Gasteiger partial charge in [-0.3, -0.25) is 0 Å². The summed E-state index contributed by atoms with van der Waals surface area (Å²) in [6.45, 7) is 33.7. The predicted molar refractivity (Wildman–Crippen MR) is 505 cm³/mol. The Morgan fingerprint density at radius 2 is 0.752 bits per heavy atom. The van der Waals surface area contributed by atoms with Gasteiger partial charge in [0, 0.05) is 103 Å². The summed E-state index contributed by atoms with van der Waals surface area (Å²) in [5.74, 6) is 0. The van der Waals surface area contributed by atoms with Crippen LogP contribution >= 0.6 is 11.3 Å². The minimum Gasteiger partial charge on any atom is -0.453 e. The van der Waals surface area contributed by atoms with Gasteiger partial charge in [-0.1, -0.05) is 304 Å². The molecule has 2 aliphatic rings. The summed E-state index contributed by atoms with van der Waals surface area (Å²) in [5, 5.41) is 6.69. The van der Waals surface area contributed by atoms with Crippen molar-refractivity contribution in [1.29, 1.82) is 0 Å². The van der Waals surface area contributed by atoms with Crippen LogP contribution in [0.25, 0.3) is 142 Å². The zero-order chi connectivity index (χ0) is 87.2. The Bertz CT molecular complexity index is 7630. The Labute approximate surface area is 702 Å². The fraction of sp³-hybridized carbons (Fsp3) is 0.182. The van der Waals surface area contributed by atoms with Crippen molar-refractivity contribution in [3.05, 3.63) is 331 Å². The van der Waals surface area contributed by atoms with Crippen LogP contribution in [-0.4, -0.2) is 15.8 Å². The van der Waals surface area contributed by atoms with Crippen LogP contribution in [-0.2, 0) is 27.1 Å². The summed E-state index contributed by atoms with van der Waals surface area (Å²) in [6.07, 6.45) is 0. The number of aromatic nitrogens is 2. The number of para-hydroxylation sites is 4. The van der Waals surface area contributed by atoms with Crippen LogP contribution in [0.1, 0.15) is 143 Å². The molecule has 0 saturated carbocycles. The molecule has 5 nitrogen and oxygen atoms in total. The highest BCUT2D eigenvalue weighted by atomic mass is 32.1. The molecular weight excluding hydrogens is 1440 g/mol. The van der Waals surface area contributed by atoms with Crippen molar-refractivity contribution in [3.8, 4) is 55.9 Å². The van der Waals surface area contributed by atoms with Gasteiger partial charge in [0.1, 0.15) is 5.58 Å². The molecule has 15 aromatic carbocycles. The fourth-order valence-corrected chi connectivity index (χ4v) is 19.8. The molecule has 117 heavy (non-hydrogen) atoms. The first kappa shape index (κ1) is 63.8. The van der Waals surface area contributed by atoms with Gasteiger partial charge in [0.15, 0.2) is 5.58 Å². The van der Waals surface area contributed by atoms with Crippen molar-refractivity contribution in [2.24, 2.45) is 0 Å². The molecule has 0 amide bonds. The largest absolute Gasteiger partial charge is 0.453 e. The number of anilines is 6. The second kappa shape index (κ2) is 26.0. The Morgan fingerprint density at radius 1 is 0.299 bits per heavy atom. The van der Waals surface area contributed by atoms with Crippen molar-refractivity contribution >= 4 is 154 Å². The Hall–Kier alpha value is -12.4. The summed E-state index contributed by atoms with van der Waals surface area (Å²) >= 11 is 1.81. The number of furan rings is 1. The highest BCUT2D eigenvalue weighted by molar-refractivity contribution is 7.26. The molecule has 6 heterocycles. The fourth-order valence-electron chi connectivity index (χ4n) is 18.7. The van der Waals surface area contributed by atoms with Crippen LogP contribution < -0.4 is 26.2 Å². The molecule has 7 heteroatoms. The first-order chi connectivity index (χ1) is 59.5. The van der Waals surface area contributed by atoms with Crippen LogP contribution in [0.5, 0.6) is 0 Å². The third kappa shape index (κ3) is 11.5. The van der Waals surface area contributed by atoms with E-state index in [2.05, 4.69) is 367 Å². The molecule has 4 aromatic heterocycles. The van der Waals surface area contributed by atoms with Crippen molar-refractivity contribution < 1.29 is 15.4 Å². The number of benzene rings is 15. The quantitative estimate of drug-likeness (QED) is 0.142. The molecule has 19 aromatic rings. The molecule has 21 rings (SSSR count). The Kier molecular flexibility index (Phi) is 14.2. The van der Waals surface area contributed by atoms with Gasteiger partial charge >= 0.3 is 0 Å². The van der Waals surface area contributed by atoms with Gasteiger partial charge in [0.05, 0.1) is 44.4 Å². The molecule has 0 bridgehead atoms. The second-order valence-corrected chi connectivity index (χ2v) is 38.6. The van der Waals surface area contributed by atoms with Crippen molar-refractivity contribution in [2.45, 2.75) is 131 Å². The SMILES string of the molecule is [2H]c1c([2H])c([2H])c2c(c1[2H])c1c([2H])c([2H])c([2H])c([2H])c1n2-c1ccc2c(c1)N(c1c(-c3ccccc3)cc(C(C)(C)C)cc1-c1ccccc1)c1cc(-c3cc(C(C)(C)C)cc(C(C)(C)C)c3)cc3c1B2c1ccc(-n2c4ccc(C(C)(C)C)cc4c4cc(C(C)(C)C)ccc42)cc1N3c1cccc2c1oc1c(-c3cccc4sc5ccccc5c34)cccc12. The average Bonchev–Trinajstić information content (AvgIpc) is 1.44. The molecule has 0 radical (unpaired) electrons. The van der Waals surface area contributed by atoms with Gasteiger partial charge in [-0.15, -0.1) is 11.3 Å². The van der Waals surface area contributed by atoms with Gasteiger partial charge < -0.3 is 23.4 Å². The van der Waals surface area contributed by atoms with Crippen LogP contribution in [0.4, 0.5) is 34.1 Å². The van der Waals surface area contributed by atoms with E-state index in [0.29, 0.717) is 11.3 Å². The number of fused-ring (bicyclic) bond motifs is 16. The summed E-state index contributed by atoms with van der Waals surface area (Å²) in [7, 11) is 0. The molecule has 0 saturated heterocycles. The maximum atomic E-state index is 10.0. The number of thiophene rings is 1. The van der Waals surface area contributed by atoms with Gasteiger partial charge in [-0.2, -0.15) is 0 Å². The monoisotopic (exact) mass is 1540 g/mol. The number of hydrogen-bond acceptors (Lipinski definition) is 4. The van der Waals surface area contributed by atoms with E-state index < -0.39 is 43.0 Å². The topological polar surface area (TPSA) is 29.5 Å². The highest BCUT2D eigenvalue weighted by Gasteiger charge is 2.46.